The van der Waals surface area contributed by atoms with Crippen LogP contribution in [-0.4, -0.2) is 41.7 Å². The van der Waals surface area contributed by atoms with Gasteiger partial charge in [0.1, 0.15) is 0 Å². The van der Waals surface area contributed by atoms with Gasteiger partial charge in [0, 0.05) is 27.9 Å². The molecule has 4 amide bonds. The molecule has 0 heterocycles. The molecule has 0 fully saturated rings. The number of urea groups is 1. The first-order chi connectivity index (χ1) is 5.37. The zero-order chi connectivity index (χ0) is 9.89. The van der Waals surface area contributed by atoms with Crippen LogP contribution >= 0.6 is 0 Å². The summed E-state index contributed by atoms with van der Waals surface area (Å²) < 4.78 is 0. The van der Waals surface area contributed by atoms with E-state index in [2.05, 4.69) is 0 Å². The average Bonchev–Trinajstić information content (AvgIpc) is 2.00. The molecule has 0 aliphatic carbocycles. The van der Waals surface area contributed by atoms with E-state index in [-0.39, 0.29) is 0 Å². The number of rotatable bonds is 0. The molecular weight excluding hydrogens is 160 g/mol. The summed E-state index contributed by atoms with van der Waals surface area (Å²) in [5.41, 5.74) is 0. The number of amides is 4. The molecule has 0 aliphatic rings. The van der Waals surface area contributed by atoms with Gasteiger partial charge in [-0.3, -0.25) is 19.4 Å². The maximum atomic E-state index is 11.1. The summed E-state index contributed by atoms with van der Waals surface area (Å²) in [6.45, 7) is 2.51. The lowest BCUT2D eigenvalue weighted by atomic mass is 10.5. The van der Waals surface area contributed by atoms with Crippen molar-refractivity contribution >= 4 is 17.8 Å². The molecular formula is C7H12N2O3. The fourth-order valence-electron chi connectivity index (χ4n) is 0.494. The standard InChI is InChI=1S/C7H12N2O3/c1-5(10)8(3)7(12)9(4)6(2)11/h1-4H3. The molecule has 0 N–H and O–H groups in total. The molecule has 68 valence electrons. The first-order valence-corrected chi connectivity index (χ1v) is 3.40. The first-order valence-electron chi connectivity index (χ1n) is 3.40. The topological polar surface area (TPSA) is 57.7 Å². The van der Waals surface area contributed by atoms with Gasteiger partial charge < -0.3 is 0 Å². The SMILES string of the molecule is CC(=O)N(C)C(=O)N(C)C(C)=O. The van der Waals surface area contributed by atoms with Crippen LogP contribution in [0, 0.1) is 0 Å². The van der Waals surface area contributed by atoms with E-state index in [0.29, 0.717) is 0 Å². The highest BCUT2D eigenvalue weighted by atomic mass is 16.2. The molecule has 0 aromatic rings. The van der Waals surface area contributed by atoms with Gasteiger partial charge >= 0.3 is 6.03 Å². The Morgan fingerprint density at radius 3 is 1.25 bits per heavy atom. The molecule has 0 radical (unpaired) electrons. The average molecular weight is 172 g/mol. The van der Waals surface area contributed by atoms with Crippen molar-refractivity contribution in [3.8, 4) is 0 Å². The van der Waals surface area contributed by atoms with E-state index >= 15 is 0 Å². The van der Waals surface area contributed by atoms with Crippen molar-refractivity contribution in [2.45, 2.75) is 13.8 Å². The normalized spacial score (nSPS) is 9.00. The Balaban J connectivity index is 4.39. The van der Waals surface area contributed by atoms with E-state index < -0.39 is 17.8 Å². The number of carbonyl (C=O) groups is 3. The number of imide groups is 2. The van der Waals surface area contributed by atoms with Crippen LogP contribution in [0.25, 0.3) is 0 Å². The van der Waals surface area contributed by atoms with Gasteiger partial charge in [-0.1, -0.05) is 0 Å². The summed E-state index contributed by atoms with van der Waals surface area (Å²) in [6, 6.07) is -0.616. The molecule has 0 aromatic carbocycles. The maximum absolute atomic E-state index is 11.1. The van der Waals surface area contributed by atoms with Crippen molar-refractivity contribution in [2.24, 2.45) is 0 Å². The zero-order valence-electron chi connectivity index (χ0n) is 7.62. The molecule has 0 saturated heterocycles. The minimum atomic E-state index is -0.616. The van der Waals surface area contributed by atoms with Crippen molar-refractivity contribution in [3.05, 3.63) is 0 Å². The van der Waals surface area contributed by atoms with E-state index in [1.807, 2.05) is 0 Å². The zero-order valence-corrected chi connectivity index (χ0v) is 7.62. The quantitative estimate of drug-likeness (QED) is 0.519. The van der Waals surface area contributed by atoms with Crippen LogP contribution in [0.2, 0.25) is 0 Å². The lowest BCUT2D eigenvalue weighted by Crippen LogP contribution is -2.43. The summed E-state index contributed by atoms with van der Waals surface area (Å²) in [5, 5.41) is 0. The van der Waals surface area contributed by atoms with Gasteiger partial charge in [-0.25, -0.2) is 4.79 Å². The Kier molecular flexibility index (Phi) is 3.40. The Morgan fingerprint density at radius 2 is 1.08 bits per heavy atom. The summed E-state index contributed by atoms with van der Waals surface area (Å²) in [5.74, 6) is -0.791. The summed E-state index contributed by atoms with van der Waals surface area (Å²) in [7, 11) is 2.65. The Morgan fingerprint density at radius 1 is 0.833 bits per heavy atom. The third kappa shape index (κ3) is 2.34. The van der Waals surface area contributed by atoms with Gasteiger partial charge in [-0.05, 0) is 0 Å². The maximum Gasteiger partial charge on any atom is 0.332 e. The van der Waals surface area contributed by atoms with Gasteiger partial charge in [0.05, 0.1) is 0 Å². The van der Waals surface area contributed by atoms with Crippen LogP contribution in [0.1, 0.15) is 13.8 Å². The van der Waals surface area contributed by atoms with Crippen LogP contribution in [0.4, 0.5) is 4.79 Å². The molecule has 0 atom stereocenters. The van der Waals surface area contributed by atoms with Gasteiger partial charge in [0.15, 0.2) is 0 Å². The van der Waals surface area contributed by atoms with E-state index in [1.165, 1.54) is 27.9 Å². The molecule has 0 spiro atoms. The molecule has 5 nitrogen and oxygen atoms in total. The minimum absolute atomic E-state index is 0.395. The second-order valence-electron chi connectivity index (χ2n) is 2.44. The van der Waals surface area contributed by atoms with Crippen LogP contribution in [0.5, 0.6) is 0 Å². The lowest BCUT2D eigenvalue weighted by Gasteiger charge is -2.19. The summed E-state index contributed by atoms with van der Waals surface area (Å²) in [4.78, 5) is 34.2. The largest absolute Gasteiger partial charge is 0.332 e. The first kappa shape index (κ1) is 10.6. The van der Waals surface area contributed by atoms with E-state index in [9.17, 15) is 14.4 Å². The van der Waals surface area contributed by atoms with Gasteiger partial charge in [0.2, 0.25) is 11.8 Å². The van der Waals surface area contributed by atoms with Crippen molar-refractivity contribution < 1.29 is 14.4 Å². The molecule has 0 aromatic heterocycles. The van der Waals surface area contributed by atoms with E-state index in [1.54, 1.807) is 0 Å². The highest BCUT2D eigenvalue weighted by Gasteiger charge is 2.19. The second-order valence-corrected chi connectivity index (χ2v) is 2.44. The second kappa shape index (κ2) is 3.85. The monoisotopic (exact) mass is 172 g/mol. The third-order valence-electron chi connectivity index (χ3n) is 1.52. The molecule has 0 rings (SSSR count). The third-order valence-corrected chi connectivity index (χ3v) is 1.52. The summed E-state index contributed by atoms with van der Waals surface area (Å²) in [6.07, 6.45) is 0. The predicted octanol–water partition coefficient (Wildman–Crippen LogP) is 0.0630. The molecule has 0 unspecified atom stereocenters. The number of hydrogen-bond donors (Lipinski definition) is 0. The molecule has 0 bridgehead atoms. The molecule has 0 aliphatic heterocycles. The van der Waals surface area contributed by atoms with Crippen LogP contribution in [0.3, 0.4) is 0 Å². The number of hydrogen-bond acceptors (Lipinski definition) is 3. The number of nitrogens with zero attached hydrogens (tertiary/aromatic N) is 2. The van der Waals surface area contributed by atoms with Gasteiger partial charge in [0.25, 0.3) is 0 Å². The van der Waals surface area contributed by atoms with E-state index in [0.717, 1.165) is 9.80 Å². The minimum Gasteiger partial charge on any atom is -0.275 e. The fourth-order valence-corrected chi connectivity index (χ4v) is 0.494. The fraction of sp³-hybridized carbons (Fsp3) is 0.571. The molecule has 5 heteroatoms. The highest BCUT2D eigenvalue weighted by Crippen LogP contribution is 1.94. The van der Waals surface area contributed by atoms with Crippen LogP contribution in [-0.2, 0) is 9.59 Å². The summed E-state index contributed by atoms with van der Waals surface area (Å²) >= 11 is 0. The van der Waals surface area contributed by atoms with Crippen LogP contribution in [0.15, 0.2) is 0 Å². The van der Waals surface area contributed by atoms with Crippen molar-refractivity contribution in [3.63, 3.8) is 0 Å². The van der Waals surface area contributed by atoms with E-state index in [4.69, 9.17) is 0 Å². The highest BCUT2D eigenvalue weighted by molar-refractivity contribution is 6.00. The van der Waals surface area contributed by atoms with Crippen molar-refractivity contribution in [2.75, 3.05) is 14.1 Å². The van der Waals surface area contributed by atoms with Gasteiger partial charge in [-0.15, -0.1) is 0 Å². The van der Waals surface area contributed by atoms with Crippen molar-refractivity contribution in [1.82, 2.24) is 9.80 Å². The Hall–Kier alpha value is -1.39. The van der Waals surface area contributed by atoms with Gasteiger partial charge in [-0.2, -0.15) is 0 Å². The molecule has 12 heavy (non-hydrogen) atoms. The van der Waals surface area contributed by atoms with Crippen molar-refractivity contribution in [1.29, 1.82) is 0 Å². The number of carbonyl (C=O) groups excluding carboxylic acids is 3. The predicted molar refractivity (Wildman–Crippen MR) is 42.3 cm³/mol. The Labute approximate surface area is 70.9 Å². The van der Waals surface area contributed by atoms with Crippen LogP contribution < -0.4 is 0 Å². The Bertz CT molecular complexity index is 203. The lowest BCUT2D eigenvalue weighted by molar-refractivity contribution is -0.128. The molecule has 0 saturated carbocycles. The smallest absolute Gasteiger partial charge is 0.275 e.